The summed E-state index contributed by atoms with van der Waals surface area (Å²) in [5.74, 6) is -0.881. The average molecular weight is 278 g/mol. The van der Waals surface area contributed by atoms with Crippen molar-refractivity contribution in [2.45, 2.75) is 33.1 Å². The Bertz CT molecular complexity index is 471. The van der Waals surface area contributed by atoms with Crippen molar-refractivity contribution in [1.29, 1.82) is 0 Å². The Kier molecular flexibility index (Phi) is 4.02. The van der Waals surface area contributed by atoms with Crippen LogP contribution in [0.1, 0.15) is 33.1 Å². The molecule has 4 nitrogen and oxygen atoms in total. The molecule has 110 valence electrons. The molecular weight excluding hydrogens is 256 g/mol. The second-order valence-corrected chi connectivity index (χ2v) is 5.80. The molecular formula is C16H22O4. The molecule has 0 heterocycles. The third-order valence-electron chi connectivity index (χ3n) is 4.66. The van der Waals surface area contributed by atoms with Crippen LogP contribution >= 0.6 is 0 Å². The van der Waals surface area contributed by atoms with E-state index in [2.05, 4.69) is 19.1 Å². The number of allylic oxidation sites excluding steroid dienone is 4. The number of ether oxygens (including phenoxy) is 2. The van der Waals surface area contributed by atoms with Gasteiger partial charge < -0.3 is 9.47 Å². The number of fused-ring (bicyclic) bond motifs is 1. The van der Waals surface area contributed by atoms with Crippen LogP contribution in [0.15, 0.2) is 23.3 Å². The monoisotopic (exact) mass is 278 g/mol. The zero-order valence-electron chi connectivity index (χ0n) is 12.6. The van der Waals surface area contributed by atoms with Gasteiger partial charge >= 0.3 is 11.9 Å². The summed E-state index contributed by atoms with van der Waals surface area (Å²) < 4.78 is 9.91. The summed E-state index contributed by atoms with van der Waals surface area (Å²) in [5.41, 5.74) is 0.971. The maximum absolute atomic E-state index is 12.4. The number of hydrogen-bond donors (Lipinski definition) is 0. The van der Waals surface area contributed by atoms with Crippen molar-refractivity contribution < 1.29 is 19.1 Å². The van der Waals surface area contributed by atoms with Gasteiger partial charge in [0.2, 0.25) is 0 Å². The molecule has 0 saturated heterocycles. The number of hydrogen-bond acceptors (Lipinski definition) is 4. The van der Waals surface area contributed by atoms with E-state index in [4.69, 9.17) is 9.47 Å². The average Bonchev–Trinajstić information content (AvgIpc) is 2.60. The lowest BCUT2D eigenvalue weighted by atomic mass is 9.68. The molecule has 0 aromatic heterocycles. The van der Waals surface area contributed by atoms with Gasteiger partial charge in [-0.25, -0.2) is 0 Å². The third kappa shape index (κ3) is 1.98. The predicted octanol–water partition coefficient (Wildman–Crippen LogP) is 2.64. The molecule has 0 spiro atoms. The maximum Gasteiger partial charge on any atom is 0.324 e. The molecule has 0 saturated carbocycles. The number of methoxy groups -OCH3 is 2. The van der Waals surface area contributed by atoms with Crippen LogP contribution in [-0.2, 0) is 19.1 Å². The zero-order chi connectivity index (χ0) is 14.9. The Labute approximate surface area is 119 Å². The number of carbonyl (C=O) groups is 2. The normalized spacial score (nSPS) is 27.8. The molecule has 0 bridgehead atoms. The van der Waals surface area contributed by atoms with Crippen LogP contribution in [0.3, 0.4) is 0 Å². The summed E-state index contributed by atoms with van der Waals surface area (Å²) in [6, 6.07) is 0. The lowest BCUT2D eigenvalue weighted by Crippen LogP contribution is -2.47. The predicted molar refractivity (Wildman–Crippen MR) is 74.8 cm³/mol. The van der Waals surface area contributed by atoms with Gasteiger partial charge in [-0.3, -0.25) is 9.59 Å². The van der Waals surface area contributed by atoms with Crippen LogP contribution in [0.25, 0.3) is 0 Å². The number of esters is 2. The number of carbonyl (C=O) groups excluding carboxylic acids is 2. The number of rotatable bonds is 2. The molecule has 0 aliphatic heterocycles. The van der Waals surface area contributed by atoms with E-state index in [-0.39, 0.29) is 11.8 Å². The van der Waals surface area contributed by atoms with Crippen LogP contribution < -0.4 is 0 Å². The minimum atomic E-state index is -1.21. The minimum Gasteiger partial charge on any atom is -0.468 e. The van der Waals surface area contributed by atoms with Crippen molar-refractivity contribution in [3.8, 4) is 0 Å². The first-order valence-corrected chi connectivity index (χ1v) is 7.02. The molecule has 20 heavy (non-hydrogen) atoms. The summed E-state index contributed by atoms with van der Waals surface area (Å²) in [4.78, 5) is 24.8. The molecule has 0 aromatic carbocycles. The molecule has 0 N–H and O–H groups in total. The molecule has 2 aliphatic rings. The van der Waals surface area contributed by atoms with Gasteiger partial charge in [-0.2, -0.15) is 0 Å². The second kappa shape index (κ2) is 5.43. The highest BCUT2D eigenvalue weighted by atomic mass is 16.5. The molecule has 0 unspecified atom stereocenters. The fraction of sp³-hybridized carbons (Fsp3) is 0.625. The van der Waals surface area contributed by atoms with Gasteiger partial charge in [0.15, 0.2) is 5.41 Å². The largest absolute Gasteiger partial charge is 0.468 e. The Morgan fingerprint density at radius 1 is 1.25 bits per heavy atom. The van der Waals surface area contributed by atoms with Gasteiger partial charge in [-0.1, -0.05) is 24.6 Å². The van der Waals surface area contributed by atoms with Gasteiger partial charge in [0.1, 0.15) is 0 Å². The van der Waals surface area contributed by atoms with Gasteiger partial charge in [0.05, 0.1) is 14.2 Å². The van der Waals surface area contributed by atoms with E-state index in [1.807, 2.05) is 6.92 Å². The first-order valence-electron chi connectivity index (χ1n) is 7.02. The Balaban J connectivity index is 2.57. The van der Waals surface area contributed by atoms with E-state index in [1.165, 1.54) is 14.2 Å². The molecule has 0 fully saturated rings. The van der Waals surface area contributed by atoms with Gasteiger partial charge in [-0.05, 0) is 37.7 Å². The van der Waals surface area contributed by atoms with Crippen LogP contribution in [0.5, 0.6) is 0 Å². The van der Waals surface area contributed by atoms with Crippen molar-refractivity contribution in [2.24, 2.45) is 17.3 Å². The fourth-order valence-corrected chi connectivity index (χ4v) is 3.78. The summed E-state index contributed by atoms with van der Waals surface area (Å²) in [5, 5.41) is 0. The molecule has 0 aromatic rings. The topological polar surface area (TPSA) is 52.6 Å². The highest BCUT2D eigenvalue weighted by molar-refractivity contribution is 6.02. The molecule has 0 amide bonds. The van der Waals surface area contributed by atoms with Crippen LogP contribution in [0, 0.1) is 17.3 Å². The summed E-state index contributed by atoms with van der Waals surface area (Å²) in [6.07, 6.45) is 6.50. The van der Waals surface area contributed by atoms with Crippen molar-refractivity contribution in [2.75, 3.05) is 14.2 Å². The third-order valence-corrected chi connectivity index (χ3v) is 4.66. The van der Waals surface area contributed by atoms with E-state index in [0.717, 1.165) is 24.0 Å². The Hall–Kier alpha value is -1.58. The Morgan fingerprint density at radius 2 is 1.85 bits per heavy atom. The van der Waals surface area contributed by atoms with Crippen molar-refractivity contribution >= 4 is 11.9 Å². The van der Waals surface area contributed by atoms with Crippen molar-refractivity contribution in [3.63, 3.8) is 0 Å². The van der Waals surface area contributed by atoms with E-state index in [9.17, 15) is 9.59 Å². The lowest BCUT2D eigenvalue weighted by Gasteiger charge is -2.34. The highest BCUT2D eigenvalue weighted by Crippen LogP contribution is 2.54. The summed E-state index contributed by atoms with van der Waals surface area (Å²) in [6.45, 7) is 4.08. The van der Waals surface area contributed by atoms with E-state index >= 15 is 0 Å². The van der Waals surface area contributed by atoms with Crippen LogP contribution in [0.2, 0.25) is 0 Å². The quantitative estimate of drug-likeness (QED) is 0.575. The van der Waals surface area contributed by atoms with Crippen molar-refractivity contribution in [1.82, 2.24) is 0 Å². The summed E-state index contributed by atoms with van der Waals surface area (Å²) >= 11 is 0. The SMILES string of the molecule is COC(=O)C1(C(=O)OC)CC(C)=C2C=CCC[C@@H](C)[C@@H]21. The van der Waals surface area contributed by atoms with Crippen LogP contribution in [0.4, 0.5) is 0 Å². The van der Waals surface area contributed by atoms with E-state index < -0.39 is 17.4 Å². The zero-order valence-corrected chi connectivity index (χ0v) is 12.6. The maximum atomic E-state index is 12.4. The summed E-state index contributed by atoms with van der Waals surface area (Å²) in [7, 11) is 2.66. The van der Waals surface area contributed by atoms with Gasteiger partial charge in [0, 0.05) is 5.92 Å². The fourth-order valence-electron chi connectivity index (χ4n) is 3.78. The van der Waals surface area contributed by atoms with E-state index in [1.54, 1.807) is 0 Å². The van der Waals surface area contributed by atoms with Gasteiger partial charge in [0.25, 0.3) is 0 Å². The molecule has 2 atom stereocenters. The molecule has 2 aliphatic carbocycles. The Morgan fingerprint density at radius 3 is 2.40 bits per heavy atom. The van der Waals surface area contributed by atoms with Crippen LogP contribution in [-0.4, -0.2) is 26.2 Å². The van der Waals surface area contributed by atoms with Gasteiger partial charge in [-0.15, -0.1) is 0 Å². The smallest absolute Gasteiger partial charge is 0.324 e. The lowest BCUT2D eigenvalue weighted by molar-refractivity contribution is -0.173. The molecule has 4 heteroatoms. The molecule has 0 radical (unpaired) electrons. The highest BCUT2D eigenvalue weighted by Gasteiger charge is 2.60. The minimum absolute atomic E-state index is 0.152. The first-order chi connectivity index (χ1) is 9.48. The standard InChI is InChI=1S/C16H22O4/c1-10-7-5-6-8-12-11(2)9-16(13(10)12,14(17)19-3)15(18)20-4/h6,8,10,13H,5,7,9H2,1-4H3/t10-,13+/m1/s1. The second-order valence-electron chi connectivity index (χ2n) is 5.80. The van der Waals surface area contributed by atoms with Crippen molar-refractivity contribution in [3.05, 3.63) is 23.3 Å². The molecule has 2 rings (SSSR count). The first kappa shape index (κ1) is 14.8. The van der Waals surface area contributed by atoms with E-state index in [0.29, 0.717) is 6.42 Å².